The van der Waals surface area contributed by atoms with Crippen LogP contribution in [-0.2, 0) is 16.2 Å². The van der Waals surface area contributed by atoms with Gasteiger partial charge in [0, 0.05) is 50.1 Å². The molecule has 6 heteroatoms. The molecule has 1 fully saturated rings. The molecule has 0 N–H and O–H groups in total. The van der Waals surface area contributed by atoms with E-state index in [2.05, 4.69) is 218 Å². The molecule has 1 aromatic heterocycles. The van der Waals surface area contributed by atoms with Gasteiger partial charge in [0.2, 0.25) is 0 Å². The van der Waals surface area contributed by atoms with Crippen molar-refractivity contribution in [3.8, 4) is 5.69 Å². The molecule has 64 heavy (non-hydrogen) atoms. The molecule has 6 aromatic carbocycles. The molecule has 3 nitrogen and oxygen atoms in total. The van der Waals surface area contributed by atoms with Crippen molar-refractivity contribution < 1.29 is 0 Å². The van der Waals surface area contributed by atoms with Gasteiger partial charge in [0.15, 0.2) is 0 Å². The number of hydrogen-bond donors (Lipinski definition) is 0. The van der Waals surface area contributed by atoms with E-state index < -0.39 is 16.1 Å². The molecule has 7 aromatic rings. The molecule has 326 valence electrons. The summed E-state index contributed by atoms with van der Waals surface area (Å²) in [5.41, 5.74) is 19.4. The smallest absolute Gasteiger partial charge is 0.252 e. The van der Waals surface area contributed by atoms with Gasteiger partial charge in [0.25, 0.3) is 6.71 Å². The van der Waals surface area contributed by atoms with Crippen LogP contribution < -0.4 is 36.6 Å². The van der Waals surface area contributed by atoms with E-state index in [0.29, 0.717) is 0 Å². The number of para-hydroxylation sites is 1. The van der Waals surface area contributed by atoms with Crippen LogP contribution in [-0.4, -0.2) is 33.0 Å². The first-order valence-electron chi connectivity index (χ1n) is 24.3. The first kappa shape index (κ1) is 41.9. The van der Waals surface area contributed by atoms with E-state index in [1.54, 1.807) is 10.8 Å². The topological polar surface area (TPSA) is 11.4 Å². The van der Waals surface area contributed by atoms with Gasteiger partial charge >= 0.3 is 0 Å². The number of aromatic nitrogens is 1. The van der Waals surface area contributed by atoms with Crippen LogP contribution in [0.25, 0.3) is 27.5 Å². The van der Waals surface area contributed by atoms with E-state index in [9.17, 15) is 0 Å². The zero-order valence-corrected chi connectivity index (χ0v) is 43.1. The zero-order valence-electron chi connectivity index (χ0n) is 41.1. The van der Waals surface area contributed by atoms with E-state index in [0.717, 1.165) is 0 Å². The second-order valence-corrected chi connectivity index (χ2v) is 34.8. The van der Waals surface area contributed by atoms with Crippen LogP contribution in [0.15, 0.2) is 109 Å². The van der Waals surface area contributed by atoms with Crippen LogP contribution in [0.3, 0.4) is 0 Å². The SMILES string of the molecule is CC(C)(C)c1ccc(N(c2ccc(C(C)(C)C)cc2)c2cc3c4c(c2)-n2c5ccc([Si](C)(C)C)cc5c5cc([Si](C)(C)C)cc(c52)B4c2cccc4c2N3C2(C)CCCCC42C)cc1. The Morgan fingerprint density at radius 1 is 0.578 bits per heavy atom. The lowest BCUT2D eigenvalue weighted by atomic mass is 9.33. The molecule has 11 rings (SSSR count). The summed E-state index contributed by atoms with van der Waals surface area (Å²) >= 11 is 0. The van der Waals surface area contributed by atoms with Gasteiger partial charge in [-0.3, -0.25) is 0 Å². The number of nitrogens with zero attached hydrogens (tertiary/aromatic N) is 3. The van der Waals surface area contributed by atoms with Crippen molar-refractivity contribution in [1.29, 1.82) is 0 Å². The van der Waals surface area contributed by atoms with Crippen molar-refractivity contribution in [2.45, 2.75) is 142 Å². The average Bonchev–Trinajstić information content (AvgIpc) is 3.67. The molecule has 2 atom stereocenters. The van der Waals surface area contributed by atoms with Crippen molar-refractivity contribution in [3.05, 3.63) is 126 Å². The third kappa shape index (κ3) is 5.82. The van der Waals surface area contributed by atoms with Crippen LogP contribution in [0, 0.1) is 0 Å². The van der Waals surface area contributed by atoms with Crippen LogP contribution >= 0.6 is 0 Å². The molecule has 4 aliphatic rings. The van der Waals surface area contributed by atoms with Crippen molar-refractivity contribution in [2.24, 2.45) is 0 Å². The fourth-order valence-corrected chi connectivity index (χ4v) is 14.8. The van der Waals surface area contributed by atoms with Crippen LogP contribution in [0.2, 0.25) is 39.3 Å². The molecule has 0 radical (unpaired) electrons. The second kappa shape index (κ2) is 13.4. The summed E-state index contributed by atoms with van der Waals surface area (Å²) in [5.74, 6) is 0. The fraction of sp³-hybridized carbons (Fsp3) is 0.379. The summed E-state index contributed by atoms with van der Waals surface area (Å²) in [4.78, 5) is 5.46. The molecule has 0 bridgehead atoms. The maximum atomic E-state index is 2.90. The number of hydrogen-bond acceptors (Lipinski definition) is 2. The van der Waals surface area contributed by atoms with Gasteiger partial charge < -0.3 is 14.4 Å². The van der Waals surface area contributed by atoms with Crippen molar-refractivity contribution in [2.75, 3.05) is 9.80 Å². The molecule has 0 amide bonds. The van der Waals surface area contributed by atoms with Gasteiger partial charge in [-0.05, 0) is 106 Å². The number of rotatable bonds is 5. The molecule has 0 saturated heterocycles. The van der Waals surface area contributed by atoms with E-state index in [1.807, 2.05) is 0 Å². The summed E-state index contributed by atoms with van der Waals surface area (Å²) in [6.07, 6.45) is 4.94. The Kier molecular flexibility index (Phi) is 8.78. The largest absolute Gasteiger partial charge is 0.335 e. The van der Waals surface area contributed by atoms with Crippen molar-refractivity contribution in [3.63, 3.8) is 0 Å². The highest BCUT2D eigenvalue weighted by Gasteiger charge is 2.61. The highest BCUT2D eigenvalue weighted by Crippen LogP contribution is 2.61. The van der Waals surface area contributed by atoms with E-state index in [-0.39, 0.29) is 28.5 Å². The maximum absolute atomic E-state index is 2.90. The number of fused-ring (bicyclic) bond motifs is 10. The van der Waals surface area contributed by atoms with Crippen molar-refractivity contribution >= 4 is 99.9 Å². The lowest BCUT2D eigenvalue weighted by molar-refractivity contribution is 0.195. The third-order valence-electron chi connectivity index (χ3n) is 16.5. The van der Waals surface area contributed by atoms with E-state index in [4.69, 9.17) is 0 Å². The normalized spacial score (nSPS) is 20.2. The Balaban J connectivity index is 1.29. The highest BCUT2D eigenvalue weighted by molar-refractivity contribution is 7.01. The molecule has 1 saturated carbocycles. The monoisotopic (exact) mass is 874 g/mol. The van der Waals surface area contributed by atoms with Gasteiger partial charge in [-0.15, -0.1) is 0 Å². The summed E-state index contributed by atoms with van der Waals surface area (Å²) in [7, 11) is -3.34. The minimum atomic E-state index is -1.73. The van der Waals surface area contributed by atoms with Gasteiger partial charge in [-0.2, -0.15) is 0 Å². The predicted molar refractivity (Wildman–Crippen MR) is 286 cm³/mol. The Morgan fingerprint density at radius 2 is 1.16 bits per heavy atom. The van der Waals surface area contributed by atoms with Gasteiger partial charge in [-0.1, -0.05) is 178 Å². The van der Waals surface area contributed by atoms with Crippen LogP contribution in [0.1, 0.15) is 97.8 Å². The Labute approximate surface area is 386 Å². The minimum Gasteiger partial charge on any atom is -0.335 e. The van der Waals surface area contributed by atoms with Gasteiger partial charge in [0.1, 0.15) is 0 Å². The summed E-state index contributed by atoms with van der Waals surface area (Å²) < 4.78 is 2.72. The molecular weight excluding hydrogens is 806 g/mol. The number of anilines is 5. The third-order valence-corrected chi connectivity index (χ3v) is 20.6. The molecular formula is C58H68BN3Si2. The maximum Gasteiger partial charge on any atom is 0.252 e. The van der Waals surface area contributed by atoms with Gasteiger partial charge in [-0.25, -0.2) is 0 Å². The summed E-state index contributed by atoms with van der Waals surface area (Å²) in [6, 6.07) is 44.3. The quantitative estimate of drug-likeness (QED) is 0.160. The minimum absolute atomic E-state index is 0.0446. The first-order valence-corrected chi connectivity index (χ1v) is 31.3. The second-order valence-electron chi connectivity index (χ2n) is 24.7. The van der Waals surface area contributed by atoms with Crippen LogP contribution in [0.4, 0.5) is 28.4 Å². The molecule has 3 aliphatic heterocycles. The van der Waals surface area contributed by atoms with Crippen LogP contribution in [0.5, 0.6) is 0 Å². The molecule has 4 heterocycles. The first-order chi connectivity index (χ1) is 30.0. The van der Waals surface area contributed by atoms with E-state index in [1.165, 1.54) is 114 Å². The number of benzene rings is 6. The zero-order chi connectivity index (χ0) is 45.3. The fourth-order valence-electron chi connectivity index (χ4n) is 12.5. The Hall–Kier alpha value is -4.78. The van der Waals surface area contributed by atoms with E-state index >= 15 is 0 Å². The summed E-state index contributed by atoms with van der Waals surface area (Å²) in [6.45, 7) is 34.3. The lowest BCUT2D eigenvalue weighted by Crippen LogP contribution is -2.64. The molecule has 0 spiro atoms. The standard InChI is InChI=1S/C58H68BN3Si2/c1-55(2,3)37-20-24-39(25-21-37)60(40-26-22-38(23-27-40)56(4,5)6)41-32-50-52-51(33-41)62-54-46(57(7)30-15-16-31-58(57,62)8)18-17-19-47(54)59(52)48-36-43(64(12,13)14)35-45-44-34-42(63(9,10)11)28-29-49(44)61(50)53(45)48/h17-29,32-36H,15-16,30-31H2,1-14H3. The summed E-state index contributed by atoms with van der Waals surface area (Å²) in [5, 5.41) is 5.92. The van der Waals surface area contributed by atoms with Crippen molar-refractivity contribution in [1.82, 2.24) is 4.57 Å². The average molecular weight is 874 g/mol. The predicted octanol–water partition coefficient (Wildman–Crippen LogP) is 12.8. The molecule has 2 unspecified atom stereocenters. The van der Waals surface area contributed by atoms with Gasteiger partial charge in [0.05, 0.1) is 32.9 Å². The lowest BCUT2D eigenvalue weighted by Gasteiger charge is -2.52. The highest BCUT2D eigenvalue weighted by atomic mass is 28.3. The molecule has 1 aliphatic carbocycles. The Morgan fingerprint density at radius 3 is 1.75 bits per heavy atom. The Bertz CT molecular complexity index is 3020.